The second kappa shape index (κ2) is 7.24. The van der Waals surface area contributed by atoms with Gasteiger partial charge in [-0.1, -0.05) is 13.8 Å². The standard InChI is InChI=1S/C14H19Br2NO3S/c1-7(2)10(13(19)20-14(3,4)5)17-12(18)9-6-8(15)11(16)21-9/h6-7,10H,1-5H3,(H,17,18)/t10-/m1/s1. The van der Waals surface area contributed by atoms with Gasteiger partial charge in [0.15, 0.2) is 0 Å². The van der Waals surface area contributed by atoms with E-state index in [1.165, 1.54) is 11.3 Å². The molecule has 0 saturated heterocycles. The molecule has 21 heavy (non-hydrogen) atoms. The van der Waals surface area contributed by atoms with Crippen molar-refractivity contribution >= 4 is 55.1 Å². The molecule has 0 bridgehead atoms. The van der Waals surface area contributed by atoms with Crippen molar-refractivity contribution in [1.82, 2.24) is 5.32 Å². The number of rotatable bonds is 4. The monoisotopic (exact) mass is 439 g/mol. The third-order valence-corrected chi connectivity index (χ3v) is 5.74. The van der Waals surface area contributed by atoms with Crippen LogP contribution in [0.3, 0.4) is 0 Å². The van der Waals surface area contributed by atoms with E-state index >= 15 is 0 Å². The van der Waals surface area contributed by atoms with Gasteiger partial charge in [-0.25, -0.2) is 4.79 Å². The molecule has 1 aromatic heterocycles. The highest BCUT2D eigenvalue weighted by Crippen LogP contribution is 2.32. The van der Waals surface area contributed by atoms with Crippen molar-refractivity contribution in [2.24, 2.45) is 5.92 Å². The number of hydrogen-bond donors (Lipinski definition) is 1. The molecular weight excluding hydrogens is 422 g/mol. The van der Waals surface area contributed by atoms with E-state index < -0.39 is 17.6 Å². The lowest BCUT2D eigenvalue weighted by Gasteiger charge is -2.26. The molecule has 0 fully saturated rings. The van der Waals surface area contributed by atoms with E-state index in [1.807, 2.05) is 13.8 Å². The first kappa shape index (κ1) is 18.6. The van der Waals surface area contributed by atoms with Gasteiger partial charge in [0, 0.05) is 4.47 Å². The van der Waals surface area contributed by atoms with Crippen molar-refractivity contribution in [2.75, 3.05) is 0 Å². The zero-order chi connectivity index (χ0) is 16.4. The highest BCUT2D eigenvalue weighted by Gasteiger charge is 2.29. The molecule has 0 aromatic carbocycles. The maximum Gasteiger partial charge on any atom is 0.329 e. The second-order valence-corrected chi connectivity index (χ2v) is 9.19. The van der Waals surface area contributed by atoms with Crippen LogP contribution in [0, 0.1) is 5.92 Å². The molecule has 0 aliphatic heterocycles. The summed E-state index contributed by atoms with van der Waals surface area (Å²) in [6.45, 7) is 9.15. The topological polar surface area (TPSA) is 55.4 Å². The Hall–Kier alpha value is -0.400. The van der Waals surface area contributed by atoms with E-state index in [0.717, 1.165) is 8.26 Å². The Bertz CT molecular complexity index is 515. The fourth-order valence-electron chi connectivity index (χ4n) is 1.53. The molecule has 1 N–H and O–H groups in total. The van der Waals surface area contributed by atoms with Gasteiger partial charge < -0.3 is 10.1 Å². The Morgan fingerprint density at radius 3 is 2.24 bits per heavy atom. The molecule has 0 saturated carbocycles. The van der Waals surface area contributed by atoms with Gasteiger partial charge in [0.05, 0.1) is 8.66 Å². The molecule has 1 rings (SSSR count). The number of carbonyl (C=O) groups is 2. The normalized spacial score (nSPS) is 13.1. The molecule has 1 atom stereocenters. The van der Waals surface area contributed by atoms with Gasteiger partial charge in [-0.3, -0.25) is 4.79 Å². The molecule has 0 spiro atoms. The third kappa shape index (κ3) is 5.71. The largest absolute Gasteiger partial charge is 0.458 e. The molecule has 7 heteroatoms. The number of thiophene rings is 1. The van der Waals surface area contributed by atoms with Gasteiger partial charge in [0.1, 0.15) is 11.6 Å². The van der Waals surface area contributed by atoms with E-state index in [4.69, 9.17) is 4.74 Å². The van der Waals surface area contributed by atoms with Crippen LogP contribution in [-0.2, 0) is 9.53 Å². The van der Waals surface area contributed by atoms with Crippen LogP contribution >= 0.6 is 43.2 Å². The molecule has 118 valence electrons. The van der Waals surface area contributed by atoms with Crippen molar-refractivity contribution in [3.05, 3.63) is 19.2 Å². The fraction of sp³-hybridized carbons (Fsp3) is 0.571. The summed E-state index contributed by atoms with van der Waals surface area (Å²) in [5.41, 5.74) is -0.579. The number of nitrogens with one attached hydrogen (secondary N) is 1. The van der Waals surface area contributed by atoms with E-state index in [2.05, 4.69) is 37.2 Å². The molecule has 1 amide bonds. The molecule has 1 heterocycles. The highest BCUT2D eigenvalue weighted by molar-refractivity contribution is 9.13. The molecule has 0 aliphatic rings. The number of ether oxygens (including phenoxy) is 1. The molecule has 0 radical (unpaired) electrons. The minimum absolute atomic E-state index is 0.0596. The fourth-order valence-corrected chi connectivity index (χ4v) is 3.47. The number of carbonyl (C=O) groups excluding carboxylic acids is 2. The van der Waals surface area contributed by atoms with Crippen LogP contribution in [0.5, 0.6) is 0 Å². The van der Waals surface area contributed by atoms with Gasteiger partial charge in [-0.2, -0.15) is 0 Å². The van der Waals surface area contributed by atoms with Crippen molar-refractivity contribution in [3.63, 3.8) is 0 Å². The first-order valence-electron chi connectivity index (χ1n) is 6.50. The van der Waals surface area contributed by atoms with Crippen LogP contribution in [0.4, 0.5) is 0 Å². The molecule has 0 unspecified atom stereocenters. The average Bonchev–Trinajstić information content (AvgIpc) is 2.63. The lowest BCUT2D eigenvalue weighted by atomic mass is 10.0. The SMILES string of the molecule is CC(C)[C@@H](NC(=O)c1cc(Br)c(Br)s1)C(=O)OC(C)(C)C. The Morgan fingerprint density at radius 2 is 1.86 bits per heavy atom. The smallest absolute Gasteiger partial charge is 0.329 e. The van der Waals surface area contributed by atoms with Gasteiger partial charge in [-0.15, -0.1) is 11.3 Å². The van der Waals surface area contributed by atoms with Crippen LogP contribution in [0.2, 0.25) is 0 Å². The second-order valence-electron chi connectivity index (χ2n) is 5.96. The van der Waals surface area contributed by atoms with E-state index in [1.54, 1.807) is 26.8 Å². The quantitative estimate of drug-likeness (QED) is 0.707. The summed E-state index contributed by atoms with van der Waals surface area (Å²) >= 11 is 7.99. The summed E-state index contributed by atoms with van der Waals surface area (Å²) in [5.74, 6) is -0.757. The van der Waals surface area contributed by atoms with Crippen LogP contribution in [-0.4, -0.2) is 23.5 Å². The lowest BCUT2D eigenvalue weighted by molar-refractivity contribution is -0.158. The Balaban J connectivity index is 2.83. The summed E-state index contributed by atoms with van der Waals surface area (Å²) in [5, 5.41) is 2.75. The first-order chi connectivity index (χ1) is 9.51. The molecule has 4 nitrogen and oxygen atoms in total. The number of esters is 1. The summed E-state index contributed by atoms with van der Waals surface area (Å²) in [6.07, 6.45) is 0. The third-order valence-electron chi connectivity index (χ3n) is 2.48. The minimum atomic E-state index is -0.670. The Kier molecular flexibility index (Phi) is 6.43. The molecular formula is C14H19Br2NO3S. The molecule has 0 aliphatic carbocycles. The van der Waals surface area contributed by atoms with Gasteiger partial charge in [-0.05, 0) is 64.6 Å². The maximum absolute atomic E-state index is 12.2. The van der Waals surface area contributed by atoms with Crippen LogP contribution in [0.1, 0.15) is 44.3 Å². The van der Waals surface area contributed by atoms with Gasteiger partial charge >= 0.3 is 5.97 Å². The Labute approximate surface area is 145 Å². The van der Waals surface area contributed by atoms with Gasteiger partial charge in [0.2, 0.25) is 0 Å². The number of halogens is 2. The van der Waals surface area contributed by atoms with Crippen molar-refractivity contribution < 1.29 is 14.3 Å². The summed E-state index contributed by atoms with van der Waals surface area (Å²) in [6, 6.07) is 1.05. The summed E-state index contributed by atoms with van der Waals surface area (Å²) < 4.78 is 7.01. The zero-order valence-corrected chi connectivity index (χ0v) is 16.6. The number of amides is 1. The average molecular weight is 441 g/mol. The van der Waals surface area contributed by atoms with E-state index in [0.29, 0.717) is 4.88 Å². The van der Waals surface area contributed by atoms with Crippen LogP contribution in [0.15, 0.2) is 14.3 Å². The first-order valence-corrected chi connectivity index (χ1v) is 8.90. The summed E-state index contributed by atoms with van der Waals surface area (Å²) in [7, 11) is 0. The van der Waals surface area contributed by atoms with Crippen molar-refractivity contribution in [1.29, 1.82) is 0 Å². The van der Waals surface area contributed by atoms with E-state index in [-0.39, 0.29) is 11.8 Å². The zero-order valence-electron chi connectivity index (χ0n) is 12.6. The minimum Gasteiger partial charge on any atom is -0.458 e. The van der Waals surface area contributed by atoms with Crippen LogP contribution < -0.4 is 5.32 Å². The number of hydrogen-bond acceptors (Lipinski definition) is 4. The van der Waals surface area contributed by atoms with Gasteiger partial charge in [0.25, 0.3) is 5.91 Å². The summed E-state index contributed by atoms with van der Waals surface area (Å²) in [4.78, 5) is 25.0. The predicted molar refractivity (Wildman–Crippen MR) is 91.7 cm³/mol. The predicted octanol–water partition coefficient (Wildman–Crippen LogP) is 4.37. The van der Waals surface area contributed by atoms with E-state index in [9.17, 15) is 9.59 Å². The lowest BCUT2D eigenvalue weighted by Crippen LogP contribution is -2.47. The maximum atomic E-state index is 12.2. The van der Waals surface area contributed by atoms with Crippen LogP contribution in [0.25, 0.3) is 0 Å². The van der Waals surface area contributed by atoms with Crippen molar-refractivity contribution in [3.8, 4) is 0 Å². The molecule has 1 aromatic rings. The van der Waals surface area contributed by atoms with Crippen molar-refractivity contribution in [2.45, 2.75) is 46.3 Å². The Morgan fingerprint density at radius 1 is 1.29 bits per heavy atom. The highest BCUT2D eigenvalue weighted by atomic mass is 79.9.